The maximum absolute atomic E-state index is 10.6. The van der Waals surface area contributed by atoms with E-state index in [0.717, 1.165) is 42.4 Å². The van der Waals surface area contributed by atoms with Crippen LogP contribution in [0.4, 0.5) is 0 Å². The maximum atomic E-state index is 10.6. The third-order valence-corrected chi connectivity index (χ3v) is 3.83. The number of nitrogens with zero attached hydrogens (tertiary/aromatic N) is 2. The van der Waals surface area contributed by atoms with Crippen molar-refractivity contribution in [3.05, 3.63) is 35.7 Å². The SMILES string of the molecule is O=C(O)CCC1CCc2cc3cccnc3nc2C1. The minimum atomic E-state index is -0.709. The van der Waals surface area contributed by atoms with Crippen molar-refractivity contribution in [3.63, 3.8) is 0 Å². The van der Waals surface area contributed by atoms with E-state index >= 15 is 0 Å². The number of aliphatic carboxylic acids is 1. The molecule has 0 fully saturated rings. The van der Waals surface area contributed by atoms with Crippen LogP contribution in [0, 0.1) is 5.92 Å². The van der Waals surface area contributed by atoms with Crippen molar-refractivity contribution in [1.29, 1.82) is 0 Å². The molecule has 2 aromatic heterocycles. The number of fused-ring (bicyclic) bond motifs is 2. The van der Waals surface area contributed by atoms with Crippen molar-refractivity contribution >= 4 is 17.0 Å². The Balaban J connectivity index is 1.84. The Bertz CT molecular complexity index is 625. The lowest BCUT2D eigenvalue weighted by Crippen LogP contribution is -2.17. The molecule has 4 nitrogen and oxygen atoms in total. The van der Waals surface area contributed by atoms with Crippen molar-refractivity contribution in [2.75, 3.05) is 0 Å². The zero-order chi connectivity index (χ0) is 13.2. The highest BCUT2D eigenvalue weighted by Gasteiger charge is 2.21. The molecule has 4 heteroatoms. The van der Waals surface area contributed by atoms with Crippen LogP contribution < -0.4 is 0 Å². The molecule has 0 spiro atoms. The maximum Gasteiger partial charge on any atom is 0.303 e. The van der Waals surface area contributed by atoms with Gasteiger partial charge in [0.15, 0.2) is 5.65 Å². The predicted molar refractivity (Wildman–Crippen MR) is 71.9 cm³/mol. The summed E-state index contributed by atoms with van der Waals surface area (Å²) in [5, 5.41) is 9.84. The Kier molecular flexibility index (Phi) is 3.15. The van der Waals surface area contributed by atoms with Crippen molar-refractivity contribution < 1.29 is 9.90 Å². The highest BCUT2D eigenvalue weighted by molar-refractivity contribution is 5.75. The Labute approximate surface area is 111 Å². The zero-order valence-corrected chi connectivity index (χ0v) is 10.7. The van der Waals surface area contributed by atoms with E-state index in [1.165, 1.54) is 5.56 Å². The second kappa shape index (κ2) is 4.96. The normalized spacial score (nSPS) is 18.2. The second-order valence-electron chi connectivity index (χ2n) is 5.19. The summed E-state index contributed by atoms with van der Waals surface area (Å²) in [7, 11) is 0. The van der Waals surface area contributed by atoms with Crippen molar-refractivity contribution in [2.24, 2.45) is 5.92 Å². The van der Waals surface area contributed by atoms with Crippen molar-refractivity contribution in [1.82, 2.24) is 9.97 Å². The van der Waals surface area contributed by atoms with E-state index in [1.54, 1.807) is 6.20 Å². The van der Waals surface area contributed by atoms with Gasteiger partial charge in [-0.3, -0.25) is 4.79 Å². The average Bonchev–Trinajstić information content (AvgIpc) is 2.42. The Morgan fingerprint density at radius 1 is 1.47 bits per heavy atom. The Morgan fingerprint density at radius 2 is 2.37 bits per heavy atom. The summed E-state index contributed by atoms with van der Waals surface area (Å²) in [5.74, 6) is -0.267. The largest absolute Gasteiger partial charge is 0.481 e. The highest BCUT2D eigenvalue weighted by Crippen LogP contribution is 2.29. The van der Waals surface area contributed by atoms with Crippen LogP contribution in [-0.2, 0) is 17.6 Å². The number of hydrogen-bond acceptors (Lipinski definition) is 3. The molecule has 0 saturated carbocycles. The van der Waals surface area contributed by atoms with Gasteiger partial charge in [-0.05, 0) is 55.4 Å². The molecule has 1 unspecified atom stereocenters. The molecule has 98 valence electrons. The molecule has 2 heterocycles. The Hall–Kier alpha value is -1.97. The number of hydrogen-bond donors (Lipinski definition) is 1. The standard InChI is InChI=1S/C15H16N2O2/c18-14(19)6-4-10-3-5-11-9-12-2-1-7-16-15(12)17-13(11)8-10/h1-2,7,9-10H,3-6,8H2,(H,18,19). The molecule has 3 rings (SSSR count). The fourth-order valence-corrected chi connectivity index (χ4v) is 2.79. The average molecular weight is 256 g/mol. The van der Waals surface area contributed by atoms with Crippen molar-refractivity contribution in [3.8, 4) is 0 Å². The van der Waals surface area contributed by atoms with Gasteiger partial charge >= 0.3 is 5.97 Å². The lowest BCUT2D eigenvalue weighted by Gasteiger charge is -2.23. The molecule has 1 aliphatic rings. The first-order valence-corrected chi connectivity index (χ1v) is 6.67. The van der Waals surface area contributed by atoms with Crippen LogP contribution in [0.25, 0.3) is 11.0 Å². The molecule has 2 aromatic rings. The minimum Gasteiger partial charge on any atom is -0.481 e. The molecule has 0 amide bonds. The fourth-order valence-electron chi connectivity index (χ4n) is 2.79. The van der Waals surface area contributed by atoms with Gasteiger partial charge in [0, 0.05) is 23.7 Å². The molecule has 0 aliphatic heterocycles. The number of pyridine rings is 2. The van der Waals surface area contributed by atoms with Crippen LogP contribution in [0.15, 0.2) is 24.4 Å². The summed E-state index contributed by atoms with van der Waals surface area (Å²) in [4.78, 5) is 19.6. The van der Waals surface area contributed by atoms with E-state index in [0.29, 0.717) is 5.92 Å². The lowest BCUT2D eigenvalue weighted by molar-refractivity contribution is -0.137. The third-order valence-electron chi connectivity index (χ3n) is 3.83. The molecule has 1 aliphatic carbocycles. The first-order chi connectivity index (χ1) is 9.22. The summed E-state index contributed by atoms with van der Waals surface area (Å²) in [6, 6.07) is 6.14. The van der Waals surface area contributed by atoms with E-state index in [1.807, 2.05) is 12.1 Å². The first kappa shape index (κ1) is 12.1. The number of carboxylic acids is 1. The molecule has 19 heavy (non-hydrogen) atoms. The van der Waals surface area contributed by atoms with Gasteiger partial charge in [-0.25, -0.2) is 9.97 Å². The van der Waals surface area contributed by atoms with Gasteiger partial charge in [0.25, 0.3) is 0 Å². The van der Waals surface area contributed by atoms with Crippen LogP contribution in [0.2, 0.25) is 0 Å². The topological polar surface area (TPSA) is 63.1 Å². The van der Waals surface area contributed by atoms with Gasteiger partial charge < -0.3 is 5.11 Å². The smallest absolute Gasteiger partial charge is 0.303 e. The fraction of sp³-hybridized carbons (Fsp3) is 0.400. The van der Waals surface area contributed by atoms with Gasteiger partial charge in [-0.15, -0.1) is 0 Å². The van der Waals surface area contributed by atoms with Gasteiger partial charge in [0.05, 0.1) is 0 Å². The van der Waals surface area contributed by atoms with Crippen LogP contribution in [0.3, 0.4) is 0 Å². The van der Waals surface area contributed by atoms with Gasteiger partial charge in [-0.1, -0.05) is 0 Å². The first-order valence-electron chi connectivity index (χ1n) is 6.67. The molecular formula is C15H16N2O2. The van der Waals surface area contributed by atoms with E-state index in [9.17, 15) is 4.79 Å². The van der Waals surface area contributed by atoms with Crippen LogP contribution in [0.5, 0.6) is 0 Å². The molecule has 1 atom stereocenters. The molecule has 0 radical (unpaired) electrons. The summed E-state index contributed by atoms with van der Waals surface area (Å²) in [6.07, 6.45) is 5.70. The summed E-state index contributed by atoms with van der Waals surface area (Å²) < 4.78 is 0. The van der Waals surface area contributed by atoms with Crippen LogP contribution in [0.1, 0.15) is 30.5 Å². The number of carboxylic acid groups (broad SMARTS) is 1. The van der Waals surface area contributed by atoms with E-state index < -0.39 is 5.97 Å². The van der Waals surface area contributed by atoms with Crippen LogP contribution >= 0.6 is 0 Å². The number of aromatic nitrogens is 2. The number of carbonyl (C=O) groups is 1. The molecule has 1 N–H and O–H groups in total. The third kappa shape index (κ3) is 2.57. The predicted octanol–water partition coefficient (Wildman–Crippen LogP) is 2.60. The zero-order valence-electron chi connectivity index (χ0n) is 10.7. The highest BCUT2D eigenvalue weighted by atomic mass is 16.4. The quantitative estimate of drug-likeness (QED) is 0.916. The second-order valence-corrected chi connectivity index (χ2v) is 5.19. The molecular weight excluding hydrogens is 240 g/mol. The van der Waals surface area contributed by atoms with E-state index in [2.05, 4.69) is 16.0 Å². The molecule has 0 saturated heterocycles. The molecule has 0 bridgehead atoms. The summed E-state index contributed by atoms with van der Waals surface area (Å²) >= 11 is 0. The number of rotatable bonds is 3. The summed E-state index contributed by atoms with van der Waals surface area (Å²) in [6.45, 7) is 0. The molecule has 0 aromatic carbocycles. The van der Waals surface area contributed by atoms with Gasteiger partial charge in [0.1, 0.15) is 0 Å². The van der Waals surface area contributed by atoms with E-state index in [-0.39, 0.29) is 6.42 Å². The summed E-state index contributed by atoms with van der Waals surface area (Å²) in [5.41, 5.74) is 3.19. The lowest BCUT2D eigenvalue weighted by atomic mass is 9.84. The van der Waals surface area contributed by atoms with Gasteiger partial charge in [-0.2, -0.15) is 0 Å². The minimum absolute atomic E-state index is 0.256. The number of aryl methyl sites for hydroxylation is 1. The van der Waals surface area contributed by atoms with Gasteiger partial charge in [0.2, 0.25) is 0 Å². The van der Waals surface area contributed by atoms with Crippen molar-refractivity contribution in [2.45, 2.75) is 32.1 Å². The Morgan fingerprint density at radius 3 is 3.21 bits per heavy atom. The van der Waals surface area contributed by atoms with Crippen LogP contribution in [-0.4, -0.2) is 21.0 Å². The monoisotopic (exact) mass is 256 g/mol. The van der Waals surface area contributed by atoms with E-state index in [4.69, 9.17) is 5.11 Å².